The van der Waals surface area contributed by atoms with E-state index in [0.29, 0.717) is 6.04 Å². The van der Waals surface area contributed by atoms with Crippen LogP contribution in [0, 0.1) is 0 Å². The Balaban J connectivity index is 1.89. The highest BCUT2D eigenvalue weighted by atomic mass is 16.5. The first-order chi connectivity index (χ1) is 7.05. The first-order valence-electron chi connectivity index (χ1n) is 5.41. The van der Waals surface area contributed by atoms with Gasteiger partial charge in [-0.2, -0.15) is 5.10 Å². The first kappa shape index (κ1) is 10.6. The Morgan fingerprint density at radius 1 is 1.53 bits per heavy atom. The summed E-state index contributed by atoms with van der Waals surface area (Å²) in [5.74, 6) is 0. The summed E-state index contributed by atoms with van der Waals surface area (Å²) in [5.41, 5.74) is 1.30. The van der Waals surface area contributed by atoms with E-state index in [2.05, 4.69) is 37.4 Å². The highest BCUT2D eigenvalue weighted by molar-refractivity contribution is 5.05. The maximum Gasteiger partial charge on any atom is 0.0643 e. The molecular formula is C11H19N3O. The van der Waals surface area contributed by atoms with Crippen molar-refractivity contribution in [3.63, 3.8) is 0 Å². The van der Waals surface area contributed by atoms with Gasteiger partial charge in [-0.25, -0.2) is 0 Å². The molecule has 0 spiro atoms. The van der Waals surface area contributed by atoms with Gasteiger partial charge in [-0.3, -0.25) is 4.68 Å². The molecule has 0 aliphatic carbocycles. The van der Waals surface area contributed by atoms with E-state index >= 15 is 0 Å². The molecular weight excluding hydrogens is 190 g/mol. The molecule has 2 heterocycles. The van der Waals surface area contributed by atoms with Crippen LogP contribution in [0.5, 0.6) is 0 Å². The highest BCUT2D eigenvalue weighted by Crippen LogP contribution is 2.13. The molecule has 4 heteroatoms. The van der Waals surface area contributed by atoms with E-state index < -0.39 is 0 Å². The van der Waals surface area contributed by atoms with Gasteiger partial charge in [0.1, 0.15) is 0 Å². The minimum absolute atomic E-state index is 0.0673. The van der Waals surface area contributed by atoms with Crippen LogP contribution in [0.25, 0.3) is 0 Å². The summed E-state index contributed by atoms with van der Waals surface area (Å²) in [6.45, 7) is 9.01. The summed E-state index contributed by atoms with van der Waals surface area (Å²) in [6.07, 6.45) is 4.03. The van der Waals surface area contributed by atoms with E-state index in [0.717, 1.165) is 19.8 Å². The van der Waals surface area contributed by atoms with Gasteiger partial charge in [-0.05, 0) is 20.8 Å². The number of nitrogens with zero attached hydrogens (tertiary/aromatic N) is 2. The third-order valence-corrected chi connectivity index (χ3v) is 2.56. The summed E-state index contributed by atoms with van der Waals surface area (Å²) in [6, 6.07) is 0.531. The molecule has 0 amide bonds. The van der Waals surface area contributed by atoms with Gasteiger partial charge in [0.05, 0.1) is 31.0 Å². The molecule has 1 saturated heterocycles. The van der Waals surface area contributed by atoms with Crippen LogP contribution in [-0.4, -0.2) is 29.0 Å². The average molecular weight is 209 g/mol. The fourth-order valence-corrected chi connectivity index (χ4v) is 1.43. The zero-order chi connectivity index (χ0) is 10.9. The van der Waals surface area contributed by atoms with Gasteiger partial charge >= 0.3 is 0 Å². The van der Waals surface area contributed by atoms with Crippen LogP contribution in [0.3, 0.4) is 0 Å². The monoisotopic (exact) mass is 209 g/mol. The predicted octanol–water partition coefficient (Wildman–Crippen LogP) is 1.13. The zero-order valence-electron chi connectivity index (χ0n) is 9.66. The summed E-state index contributed by atoms with van der Waals surface area (Å²) in [4.78, 5) is 0. The van der Waals surface area contributed by atoms with Crippen molar-refractivity contribution in [2.45, 2.75) is 38.9 Å². The second-order valence-corrected chi connectivity index (χ2v) is 5.08. The molecule has 84 valence electrons. The number of ether oxygens (including phenoxy) is 1. The summed E-state index contributed by atoms with van der Waals surface area (Å²) >= 11 is 0. The van der Waals surface area contributed by atoms with Crippen molar-refractivity contribution in [2.24, 2.45) is 0 Å². The van der Waals surface area contributed by atoms with Gasteiger partial charge in [0.25, 0.3) is 0 Å². The minimum atomic E-state index is 0.0673. The zero-order valence-corrected chi connectivity index (χ0v) is 9.66. The third-order valence-electron chi connectivity index (χ3n) is 2.56. The average Bonchev–Trinajstić information content (AvgIpc) is 2.48. The lowest BCUT2D eigenvalue weighted by Gasteiger charge is -2.26. The maximum atomic E-state index is 5.10. The van der Waals surface area contributed by atoms with Gasteiger partial charge in [-0.1, -0.05) is 0 Å². The van der Waals surface area contributed by atoms with E-state index in [1.165, 1.54) is 5.56 Å². The number of nitrogens with one attached hydrogen (secondary N) is 1. The number of aromatic nitrogens is 2. The smallest absolute Gasteiger partial charge is 0.0643 e. The van der Waals surface area contributed by atoms with Crippen molar-refractivity contribution in [3.05, 3.63) is 18.0 Å². The molecule has 1 N–H and O–H groups in total. The quantitative estimate of drug-likeness (QED) is 0.811. The van der Waals surface area contributed by atoms with Crippen molar-refractivity contribution in [3.8, 4) is 0 Å². The molecule has 0 atom stereocenters. The Labute approximate surface area is 90.6 Å². The molecule has 4 nitrogen and oxygen atoms in total. The third kappa shape index (κ3) is 2.58. The molecule has 0 radical (unpaired) electrons. The topological polar surface area (TPSA) is 39.1 Å². The highest BCUT2D eigenvalue weighted by Gasteiger charge is 2.18. The van der Waals surface area contributed by atoms with Crippen LogP contribution < -0.4 is 5.32 Å². The summed E-state index contributed by atoms with van der Waals surface area (Å²) in [7, 11) is 0. The van der Waals surface area contributed by atoms with E-state index in [4.69, 9.17) is 4.74 Å². The SMILES string of the molecule is CC(C)(C)n1cc(CNC2COC2)cn1. The molecule has 1 aromatic rings. The molecule has 1 fully saturated rings. The predicted molar refractivity (Wildman–Crippen MR) is 58.7 cm³/mol. The Hall–Kier alpha value is -0.870. The fourth-order valence-electron chi connectivity index (χ4n) is 1.43. The minimum Gasteiger partial charge on any atom is -0.378 e. The van der Waals surface area contributed by atoms with Crippen molar-refractivity contribution >= 4 is 0 Å². The molecule has 1 aliphatic heterocycles. The number of rotatable bonds is 3. The van der Waals surface area contributed by atoms with Gasteiger partial charge in [0.15, 0.2) is 0 Å². The van der Waals surface area contributed by atoms with Crippen molar-refractivity contribution in [1.82, 2.24) is 15.1 Å². The van der Waals surface area contributed by atoms with Gasteiger partial charge in [0, 0.05) is 18.3 Å². The molecule has 0 bridgehead atoms. The van der Waals surface area contributed by atoms with E-state index in [9.17, 15) is 0 Å². The van der Waals surface area contributed by atoms with E-state index in [1.807, 2.05) is 10.9 Å². The molecule has 1 aliphatic rings. The number of hydrogen-bond donors (Lipinski definition) is 1. The van der Waals surface area contributed by atoms with E-state index in [1.54, 1.807) is 0 Å². The lowest BCUT2D eigenvalue weighted by Crippen LogP contribution is -2.45. The first-order valence-corrected chi connectivity index (χ1v) is 5.41. The molecule has 1 aromatic heterocycles. The van der Waals surface area contributed by atoms with Gasteiger partial charge in [-0.15, -0.1) is 0 Å². The van der Waals surface area contributed by atoms with Crippen LogP contribution >= 0.6 is 0 Å². The van der Waals surface area contributed by atoms with Crippen LogP contribution in [0.1, 0.15) is 26.3 Å². The second-order valence-electron chi connectivity index (χ2n) is 5.08. The molecule has 0 aromatic carbocycles. The Morgan fingerprint density at radius 2 is 2.27 bits per heavy atom. The normalized spacial score (nSPS) is 17.8. The van der Waals surface area contributed by atoms with Crippen LogP contribution in [0.15, 0.2) is 12.4 Å². The van der Waals surface area contributed by atoms with Crippen molar-refractivity contribution < 1.29 is 4.74 Å². The molecule has 2 rings (SSSR count). The van der Waals surface area contributed by atoms with Crippen molar-refractivity contribution in [2.75, 3.05) is 13.2 Å². The number of hydrogen-bond acceptors (Lipinski definition) is 3. The maximum absolute atomic E-state index is 5.10. The van der Waals surface area contributed by atoms with Crippen LogP contribution in [-0.2, 0) is 16.8 Å². The van der Waals surface area contributed by atoms with Crippen LogP contribution in [0.4, 0.5) is 0 Å². The fraction of sp³-hybridized carbons (Fsp3) is 0.727. The molecule has 0 unspecified atom stereocenters. The molecule has 15 heavy (non-hydrogen) atoms. The Morgan fingerprint density at radius 3 is 2.73 bits per heavy atom. The van der Waals surface area contributed by atoms with Gasteiger partial charge < -0.3 is 10.1 Å². The second kappa shape index (κ2) is 3.94. The Bertz CT molecular complexity index is 323. The van der Waals surface area contributed by atoms with E-state index in [-0.39, 0.29) is 5.54 Å². The lowest BCUT2D eigenvalue weighted by molar-refractivity contribution is -0.00579. The largest absolute Gasteiger partial charge is 0.378 e. The van der Waals surface area contributed by atoms with Gasteiger partial charge in [0.2, 0.25) is 0 Å². The summed E-state index contributed by atoms with van der Waals surface area (Å²) in [5, 5.41) is 7.78. The summed E-state index contributed by atoms with van der Waals surface area (Å²) < 4.78 is 7.10. The van der Waals surface area contributed by atoms with Crippen molar-refractivity contribution in [1.29, 1.82) is 0 Å². The lowest BCUT2D eigenvalue weighted by atomic mass is 10.1. The molecule has 0 saturated carbocycles. The van der Waals surface area contributed by atoms with Crippen LogP contribution in [0.2, 0.25) is 0 Å². The standard InChI is InChI=1S/C11H19N3O/c1-11(2,3)14-6-9(5-13-14)4-12-10-7-15-8-10/h5-6,10,12H,4,7-8H2,1-3H3. The Kier molecular flexibility index (Phi) is 2.80.